The number of methoxy groups -OCH3 is 1. The Morgan fingerprint density at radius 2 is 1.77 bits per heavy atom. The predicted octanol–water partition coefficient (Wildman–Crippen LogP) is 4.49. The van der Waals surface area contributed by atoms with Crippen LogP contribution in [0.5, 0.6) is 0 Å². The largest absolute Gasteiger partial charge is 0.465 e. The van der Waals surface area contributed by atoms with E-state index in [9.17, 15) is 9.59 Å². The smallest absolute Gasteiger partial charge is 0.337 e. The third-order valence-corrected chi connectivity index (χ3v) is 5.04. The van der Waals surface area contributed by atoms with Gasteiger partial charge in [-0.2, -0.15) is 0 Å². The van der Waals surface area contributed by atoms with Crippen LogP contribution in [0.4, 0.5) is 5.69 Å². The lowest BCUT2D eigenvalue weighted by Crippen LogP contribution is -2.10. The first-order chi connectivity index (χ1) is 12.6. The van der Waals surface area contributed by atoms with Crippen LogP contribution in [-0.2, 0) is 4.74 Å². The van der Waals surface area contributed by atoms with Crippen LogP contribution in [0.2, 0.25) is 0 Å². The number of nitrogens with zero attached hydrogens (tertiary/aromatic N) is 1. The Morgan fingerprint density at radius 1 is 1.00 bits per heavy atom. The number of thiophene rings is 1. The van der Waals surface area contributed by atoms with Crippen molar-refractivity contribution in [1.29, 1.82) is 0 Å². The molecule has 6 heteroatoms. The van der Waals surface area contributed by atoms with Gasteiger partial charge in [0.1, 0.15) is 4.83 Å². The quantitative estimate of drug-likeness (QED) is 0.545. The lowest BCUT2D eigenvalue weighted by Gasteiger charge is -2.04. The van der Waals surface area contributed by atoms with Crippen LogP contribution in [-0.4, -0.2) is 24.0 Å². The molecule has 4 aromatic rings. The summed E-state index contributed by atoms with van der Waals surface area (Å²) in [5.41, 5.74) is 1.95. The lowest BCUT2D eigenvalue weighted by molar-refractivity contribution is 0.0600. The van der Waals surface area contributed by atoms with E-state index in [2.05, 4.69) is 15.0 Å². The molecule has 0 atom stereocenters. The van der Waals surface area contributed by atoms with Gasteiger partial charge in [0.05, 0.1) is 23.1 Å². The number of nitrogens with one attached hydrogen (secondary N) is 1. The van der Waals surface area contributed by atoms with Gasteiger partial charge in [0.15, 0.2) is 0 Å². The summed E-state index contributed by atoms with van der Waals surface area (Å²) in [5, 5.41) is 4.83. The second-order valence-electron chi connectivity index (χ2n) is 5.71. The summed E-state index contributed by atoms with van der Waals surface area (Å²) in [7, 11) is 1.33. The zero-order valence-electron chi connectivity index (χ0n) is 13.9. The van der Waals surface area contributed by atoms with Crippen LogP contribution in [0.3, 0.4) is 0 Å². The van der Waals surface area contributed by atoms with Gasteiger partial charge in [-0.15, -0.1) is 11.3 Å². The molecule has 0 spiro atoms. The van der Waals surface area contributed by atoms with Gasteiger partial charge in [-0.25, -0.2) is 9.78 Å². The van der Waals surface area contributed by atoms with E-state index >= 15 is 0 Å². The first-order valence-corrected chi connectivity index (χ1v) is 8.75. The van der Waals surface area contributed by atoms with Crippen LogP contribution in [0.25, 0.3) is 21.1 Å². The molecule has 0 bridgehead atoms. The molecule has 2 aromatic carbocycles. The zero-order valence-corrected chi connectivity index (χ0v) is 14.7. The Kier molecular flexibility index (Phi) is 4.10. The van der Waals surface area contributed by atoms with Crippen molar-refractivity contribution in [2.75, 3.05) is 12.4 Å². The third kappa shape index (κ3) is 3.02. The number of aromatic nitrogens is 1. The number of hydrogen-bond acceptors (Lipinski definition) is 5. The number of carbonyl (C=O) groups excluding carboxylic acids is 2. The van der Waals surface area contributed by atoms with Gasteiger partial charge in [-0.05, 0) is 42.5 Å². The van der Waals surface area contributed by atoms with E-state index in [1.54, 1.807) is 24.3 Å². The molecule has 0 radical (unpaired) electrons. The molecule has 0 saturated carbocycles. The molecule has 0 aliphatic heterocycles. The minimum atomic E-state index is -0.412. The monoisotopic (exact) mass is 362 g/mol. The Balaban J connectivity index is 1.59. The summed E-state index contributed by atoms with van der Waals surface area (Å²) >= 11 is 1.35. The van der Waals surface area contributed by atoms with E-state index in [0.717, 1.165) is 21.1 Å². The molecule has 0 aliphatic carbocycles. The molecule has 0 fully saturated rings. The van der Waals surface area contributed by atoms with E-state index in [0.29, 0.717) is 16.1 Å². The Morgan fingerprint density at radius 3 is 2.54 bits per heavy atom. The molecule has 4 rings (SSSR count). The van der Waals surface area contributed by atoms with Crippen molar-refractivity contribution < 1.29 is 14.3 Å². The van der Waals surface area contributed by atoms with Gasteiger partial charge in [0.25, 0.3) is 5.91 Å². The molecule has 128 valence electrons. The van der Waals surface area contributed by atoms with Crippen molar-refractivity contribution in [3.8, 4) is 0 Å². The fourth-order valence-electron chi connectivity index (χ4n) is 2.69. The number of hydrogen-bond donors (Lipinski definition) is 1. The number of ether oxygens (including phenoxy) is 1. The summed E-state index contributed by atoms with van der Waals surface area (Å²) in [5.74, 6) is -0.617. The molecule has 0 unspecified atom stereocenters. The van der Waals surface area contributed by atoms with Gasteiger partial charge in [-0.1, -0.05) is 18.2 Å². The van der Waals surface area contributed by atoms with Crippen molar-refractivity contribution in [1.82, 2.24) is 4.98 Å². The average Bonchev–Trinajstić information content (AvgIpc) is 3.09. The van der Waals surface area contributed by atoms with Crippen LogP contribution < -0.4 is 5.32 Å². The second-order valence-corrected chi connectivity index (χ2v) is 6.74. The maximum absolute atomic E-state index is 12.5. The highest BCUT2D eigenvalue weighted by Crippen LogP contribution is 2.28. The van der Waals surface area contributed by atoms with Crippen molar-refractivity contribution in [3.63, 3.8) is 0 Å². The Hall–Kier alpha value is -3.25. The van der Waals surface area contributed by atoms with E-state index in [1.807, 2.05) is 36.4 Å². The number of carbonyl (C=O) groups is 2. The number of rotatable bonds is 3. The standard InChI is InChI=1S/C20H14N2O3S/c1-25-20(24)12-6-8-15(9-7-12)21-18(23)17-11-14-10-13-4-2-3-5-16(13)22-19(14)26-17/h2-11H,1H3,(H,21,23). The fourth-order valence-corrected chi connectivity index (χ4v) is 3.60. The van der Waals surface area contributed by atoms with Crippen molar-refractivity contribution in [2.45, 2.75) is 0 Å². The molecule has 0 saturated heterocycles. The first kappa shape index (κ1) is 16.2. The molecule has 2 aromatic heterocycles. The van der Waals surface area contributed by atoms with Crippen LogP contribution in [0.15, 0.2) is 60.7 Å². The predicted molar refractivity (Wildman–Crippen MR) is 103 cm³/mol. The van der Waals surface area contributed by atoms with Crippen molar-refractivity contribution in [2.24, 2.45) is 0 Å². The third-order valence-electron chi connectivity index (χ3n) is 4.00. The Bertz CT molecular complexity index is 1080. The van der Waals surface area contributed by atoms with Gasteiger partial charge in [0.2, 0.25) is 0 Å². The molecule has 0 aliphatic rings. The topological polar surface area (TPSA) is 68.3 Å². The number of anilines is 1. The molecule has 1 N–H and O–H groups in total. The van der Waals surface area contributed by atoms with Gasteiger partial charge in [-0.3, -0.25) is 4.79 Å². The number of fused-ring (bicyclic) bond motifs is 2. The average molecular weight is 362 g/mol. The van der Waals surface area contributed by atoms with Gasteiger partial charge >= 0.3 is 5.97 Å². The van der Waals surface area contributed by atoms with E-state index in [1.165, 1.54) is 18.4 Å². The fraction of sp³-hybridized carbons (Fsp3) is 0.0500. The minimum absolute atomic E-state index is 0.206. The van der Waals surface area contributed by atoms with E-state index in [-0.39, 0.29) is 5.91 Å². The normalized spacial score (nSPS) is 10.8. The molecule has 2 heterocycles. The number of para-hydroxylation sites is 1. The van der Waals surface area contributed by atoms with E-state index < -0.39 is 5.97 Å². The SMILES string of the molecule is COC(=O)c1ccc(NC(=O)c2cc3cc4ccccc4nc3s2)cc1. The molecular weight excluding hydrogens is 348 g/mol. The summed E-state index contributed by atoms with van der Waals surface area (Å²) in [4.78, 5) is 30.0. The number of esters is 1. The number of benzene rings is 2. The summed E-state index contributed by atoms with van der Waals surface area (Å²) in [6, 6.07) is 18.3. The summed E-state index contributed by atoms with van der Waals surface area (Å²) in [6.07, 6.45) is 0. The summed E-state index contributed by atoms with van der Waals surface area (Å²) < 4.78 is 4.66. The lowest BCUT2D eigenvalue weighted by atomic mass is 10.2. The van der Waals surface area contributed by atoms with E-state index in [4.69, 9.17) is 0 Å². The molecule has 5 nitrogen and oxygen atoms in total. The molecule has 1 amide bonds. The molecule has 26 heavy (non-hydrogen) atoms. The van der Waals surface area contributed by atoms with Crippen molar-refractivity contribution in [3.05, 3.63) is 71.1 Å². The number of pyridine rings is 1. The first-order valence-electron chi connectivity index (χ1n) is 7.93. The van der Waals surface area contributed by atoms with Crippen LogP contribution in [0, 0.1) is 0 Å². The Labute approximate surface area is 153 Å². The summed E-state index contributed by atoms with van der Waals surface area (Å²) in [6.45, 7) is 0. The van der Waals surface area contributed by atoms with Crippen LogP contribution in [0.1, 0.15) is 20.0 Å². The van der Waals surface area contributed by atoms with Crippen molar-refractivity contribution >= 4 is 50.0 Å². The highest BCUT2D eigenvalue weighted by Gasteiger charge is 2.13. The van der Waals surface area contributed by atoms with Gasteiger partial charge < -0.3 is 10.1 Å². The van der Waals surface area contributed by atoms with Crippen LogP contribution >= 0.6 is 11.3 Å². The molecular formula is C20H14N2O3S. The highest BCUT2D eigenvalue weighted by atomic mass is 32.1. The van der Waals surface area contributed by atoms with Gasteiger partial charge in [0, 0.05) is 16.5 Å². The minimum Gasteiger partial charge on any atom is -0.465 e. The second kappa shape index (κ2) is 6.57. The highest BCUT2D eigenvalue weighted by molar-refractivity contribution is 7.20. The zero-order chi connectivity index (χ0) is 18.1. The maximum atomic E-state index is 12.5. The maximum Gasteiger partial charge on any atom is 0.337 e. The number of amides is 1.